The van der Waals surface area contributed by atoms with E-state index in [1.54, 1.807) is 11.3 Å². The van der Waals surface area contributed by atoms with Gasteiger partial charge in [-0.05, 0) is 50.2 Å². The van der Waals surface area contributed by atoms with Gasteiger partial charge in [0.15, 0.2) is 0 Å². The van der Waals surface area contributed by atoms with Gasteiger partial charge < -0.3 is 0 Å². The second-order valence-electron chi connectivity index (χ2n) is 6.96. The normalized spacial score (nSPS) is 11.9. The van der Waals surface area contributed by atoms with Crippen LogP contribution in [0.4, 0.5) is 0 Å². The Bertz CT molecular complexity index is 579. The second kappa shape index (κ2) is 5.69. The van der Waals surface area contributed by atoms with E-state index in [1.807, 2.05) is 0 Å². The summed E-state index contributed by atoms with van der Waals surface area (Å²) in [5.74, 6) is 0. The molecule has 1 aromatic carbocycles. The van der Waals surface area contributed by atoms with Gasteiger partial charge in [-0.1, -0.05) is 38.5 Å². The Morgan fingerprint density at radius 2 is 1.65 bits per heavy atom. The van der Waals surface area contributed by atoms with E-state index in [1.165, 1.54) is 33.7 Å². The van der Waals surface area contributed by atoms with Crippen LogP contribution in [0, 0.1) is 26.2 Å². The van der Waals surface area contributed by atoms with Gasteiger partial charge in [-0.25, -0.2) is 4.98 Å². The molecule has 0 aliphatic carbocycles. The molecule has 108 valence electrons. The number of thiazole rings is 1. The Hall–Kier alpha value is -1.15. The van der Waals surface area contributed by atoms with Gasteiger partial charge in [0.2, 0.25) is 0 Å². The average Bonchev–Trinajstić information content (AvgIpc) is 2.72. The monoisotopic (exact) mass is 287 g/mol. The Balaban J connectivity index is 2.25. The molecular formula is C18H25NS. The van der Waals surface area contributed by atoms with E-state index in [0.29, 0.717) is 5.41 Å². The molecule has 0 aliphatic heterocycles. The molecule has 0 spiro atoms. The van der Waals surface area contributed by atoms with Crippen LogP contribution in [-0.4, -0.2) is 4.98 Å². The molecule has 0 N–H and O–H groups in total. The molecule has 0 saturated heterocycles. The highest BCUT2D eigenvalue weighted by atomic mass is 32.1. The molecule has 1 heterocycles. The molecule has 0 radical (unpaired) electrons. The highest BCUT2D eigenvalue weighted by Crippen LogP contribution is 2.30. The van der Waals surface area contributed by atoms with Crippen LogP contribution in [0.1, 0.15) is 48.9 Å². The summed E-state index contributed by atoms with van der Waals surface area (Å²) in [6.45, 7) is 13.4. The average molecular weight is 287 g/mol. The zero-order valence-electron chi connectivity index (χ0n) is 13.5. The van der Waals surface area contributed by atoms with Gasteiger partial charge >= 0.3 is 0 Å². The lowest BCUT2D eigenvalue weighted by atomic mass is 9.91. The number of rotatable bonds is 3. The van der Waals surface area contributed by atoms with E-state index in [-0.39, 0.29) is 0 Å². The molecule has 0 bridgehead atoms. The molecule has 0 aliphatic rings. The van der Waals surface area contributed by atoms with Crippen molar-refractivity contribution in [2.45, 2.75) is 54.4 Å². The van der Waals surface area contributed by atoms with Crippen molar-refractivity contribution in [2.24, 2.45) is 5.41 Å². The summed E-state index contributed by atoms with van der Waals surface area (Å²) in [4.78, 5) is 4.85. The van der Waals surface area contributed by atoms with Crippen LogP contribution in [0.3, 0.4) is 0 Å². The van der Waals surface area contributed by atoms with Crippen molar-refractivity contribution < 1.29 is 0 Å². The fraction of sp³-hybridized carbons (Fsp3) is 0.500. The van der Waals surface area contributed by atoms with Crippen LogP contribution in [0.5, 0.6) is 0 Å². The highest BCUT2D eigenvalue weighted by molar-refractivity contribution is 7.09. The summed E-state index contributed by atoms with van der Waals surface area (Å²) in [6.07, 6.45) is 2.27. The van der Waals surface area contributed by atoms with Crippen LogP contribution in [0.15, 0.2) is 17.5 Å². The zero-order chi connectivity index (χ0) is 14.9. The molecule has 0 fully saturated rings. The number of nitrogens with zero attached hydrogens (tertiary/aromatic N) is 1. The van der Waals surface area contributed by atoms with Gasteiger partial charge in [0.25, 0.3) is 0 Å². The third-order valence-corrected chi connectivity index (χ3v) is 4.48. The predicted molar refractivity (Wildman–Crippen MR) is 89.5 cm³/mol. The minimum absolute atomic E-state index is 0.377. The fourth-order valence-electron chi connectivity index (χ4n) is 2.61. The summed E-state index contributed by atoms with van der Waals surface area (Å²) in [6, 6.07) is 4.49. The Morgan fingerprint density at radius 1 is 1.05 bits per heavy atom. The van der Waals surface area contributed by atoms with Crippen molar-refractivity contribution in [3.05, 3.63) is 39.2 Å². The first-order valence-corrected chi connectivity index (χ1v) is 8.17. The summed E-state index contributed by atoms with van der Waals surface area (Å²) in [5, 5.41) is 3.47. The number of aromatic nitrogens is 1. The molecule has 1 nitrogen and oxygen atoms in total. The zero-order valence-corrected chi connectivity index (χ0v) is 14.3. The lowest BCUT2D eigenvalue weighted by Crippen LogP contribution is -2.06. The van der Waals surface area contributed by atoms with Crippen LogP contribution in [0.2, 0.25) is 0 Å². The lowest BCUT2D eigenvalue weighted by Gasteiger charge is -2.16. The van der Waals surface area contributed by atoms with Crippen LogP contribution in [-0.2, 0) is 6.42 Å². The van der Waals surface area contributed by atoms with E-state index in [4.69, 9.17) is 4.98 Å². The summed E-state index contributed by atoms with van der Waals surface area (Å²) >= 11 is 1.80. The maximum Gasteiger partial charge on any atom is 0.0932 e. The Morgan fingerprint density at radius 3 is 2.20 bits per heavy atom. The molecule has 20 heavy (non-hydrogen) atoms. The van der Waals surface area contributed by atoms with E-state index < -0.39 is 0 Å². The molecule has 1 aromatic heterocycles. The summed E-state index contributed by atoms with van der Waals surface area (Å²) in [5.41, 5.74) is 6.82. The Labute approximate surface area is 127 Å². The predicted octanol–water partition coefficient (Wildman–Crippen LogP) is 5.71. The first-order valence-electron chi connectivity index (χ1n) is 7.29. The third kappa shape index (κ3) is 3.69. The van der Waals surface area contributed by atoms with E-state index in [2.05, 4.69) is 59.1 Å². The maximum absolute atomic E-state index is 4.85. The number of hydrogen-bond donors (Lipinski definition) is 0. The maximum atomic E-state index is 4.85. The minimum Gasteiger partial charge on any atom is -0.241 e. The van der Waals surface area contributed by atoms with E-state index in [0.717, 1.165) is 12.1 Å². The quantitative estimate of drug-likeness (QED) is 0.704. The van der Waals surface area contributed by atoms with Crippen molar-refractivity contribution in [3.63, 3.8) is 0 Å². The number of aryl methyl sites for hydroxylation is 4. The van der Waals surface area contributed by atoms with Crippen molar-refractivity contribution in [2.75, 3.05) is 0 Å². The first-order chi connectivity index (χ1) is 9.26. The lowest BCUT2D eigenvalue weighted by molar-refractivity contribution is 0.378. The SMILES string of the molecule is Cc1cc(C)c(-c2csc(CCC(C)(C)C)n2)c(C)c1. The van der Waals surface area contributed by atoms with Gasteiger partial charge in [-0.3, -0.25) is 0 Å². The fourth-order valence-corrected chi connectivity index (χ4v) is 3.40. The molecule has 0 atom stereocenters. The second-order valence-corrected chi connectivity index (χ2v) is 7.90. The topological polar surface area (TPSA) is 12.9 Å². The minimum atomic E-state index is 0.377. The van der Waals surface area contributed by atoms with Gasteiger partial charge in [-0.2, -0.15) is 0 Å². The van der Waals surface area contributed by atoms with Crippen LogP contribution >= 0.6 is 11.3 Å². The van der Waals surface area contributed by atoms with Gasteiger partial charge in [0.1, 0.15) is 0 Å². The van der Waals surface area contributed by atoms with Crippen LogP contribution < -0.4 is 0 Å². The van der Waals surface area contributed by atoms with E-state index in [9.17, 15) is 0 Å². The molecular weight excluding hydrogens is 262 g/mol. The van der Waals surface area contributed by atoms with E-state index >= 15 is 0 Å². The molecule has 2 heteroatoms. The van der Waals surface area contributed by atoms with Crippen molar-refractivity contribution >= 4 is 11.3 Å². The number of benzene rings is 1. The van der Waals surface area contributed by atoms with Gasteiger partial charge in [0, 0.05) is 10.9 Å². The standard InChI is InChI=1S/C18H25NS/c1-12-9-13(2)17(14(3)10-12)15-11-20-16(19-15)7-8-18(4,5)6/h9-11H,7-8H2,1-6H3. The van der Waals surface area contributed by atoms with Crippen molar-refractivity contribution in [1.29, 1.82) is 0 Å². The van der Waals surface area contributed by atoms with Gasteiger partial charge in [-0.15, -0.1) is 11.3 Å². The Kier molecular flexibility index (Phi) is 4.33. The first kappa shape index (κ1) is 15.2. The third-order valence-electron chi connectivity index (χ3n) is 3.57. The van der Waals surface area contributed by atoms with Crippen LogP contribution in [0.25, 0.3) is 11.3 Å². The molecule has 2 aromatic rings. The largest absolute Gasteiger partial charge is 0.241 e. The molecule has 2 rings (SSSR count). The molecule has 0 amide bonds. The summed E-state index contributed by atoms with van der Waals surface area (Å²) in [7, 11) is 0. The summed E-state index contributed by atoms with van der Waals surface area (Å²) < 4.78 is 0. The smallest absolute Gasteiger partial charge is 0.0932 e. The number of hydrogen-bond acceptors (Lipinski definition) is 2. The van der Waals surface area contributed by atoms with Gasteiger partial charge in [0.05, 0.1) is 10.7 Å². The van der Waals surface area contributed by atoms with Crippen molar-refractivity contribution in [3.8, 4) is 11.3 Å². The molecule has 0 unspecified atom stereocenters. The molecule has 0 saturated carbocycles. The highest BCUT2D eigenvalue weighted by Gasteiger charge is 2.14. The van der Waals surface area contributed by atoms with Crippen molar-refractivity contribution in [1.82, 2.24) is 4.98 Å².